The van der Waals surface area contributed by atoms with E-state index in [0.717, 1.165) is 16.8 Å². The van der Waals surface area contributed by atoms with Crippen molar-refractivity contribution in [1.29, 1.82) is 5.26 Å². The molecule has 0 saturated carbocycles. The van der Waals surface area contributed by atoms with Crippen molar-refractivity contribution in [3.63, 3.8) is 0 Å². The van der Waals surface area contributed by atoms with Gasteiger partial charge in [-0.3, -0.25) is 0 Å². The Balaban J connectivity index is 2.58. The highest BCUT2D eigenvalue weighted by Crippen LogP contribution is 2.23. The molecule has 80 valence electrons. The summed E-state index contributed by atoms with van der Waals surface area (Å²) in [6, 6.07) is 8.44. The van der Waals surface area contributed by atoms with Crippen molar-refractivity contribution in [2.24, 2.45) is 7.05 Å². The normalized spacial score (nSPS) is 10.1. The van der Waals surface area contributed by atoms with Gasteiger partial charge in [-0.15, -0.1) is 0 Å². The van der Waals surface area contributed by atoms with Crippen LogP contribution in [0.15, 0.2) is 30.5 Å². The third kappa shape index (κ3) is 1.70. The average Bonchev–Trinajstić information content (AvgIpc) is 2.59. The van der Waals surface area contributed by atoms with Gasteiger partial charge in [0, 0.05) is 18.9 Å². The topological polar surface area (TPSA) is 28.7 Å². The minimum Gasteiger partial charge on any atom is -0.350 e. The SMILES string of the molecule is Cc1cc(-c2ccc(F)c(C#N)c2)n(C)c1. The van der Waals surface area contributed by atoms with Crippen LogP contribution in [0.4, 0.5) is 4.39 Å². The Bertz CT molecular complexity index is 576. The van der Waals surface area contributed by atoms with Crippen molar-refractivity contribution in [1.82, 2.24) is 4.57 Å². The molecule has 0 atom stereocenters. The van der Waals surface area contributed by atoms with Gasteiger partial charge in [0.05, 0.1) is 5.56 Å². The number of hydrogen-bond acceptors (Lipinski definition) is 1. The van der Waals surface area contributed by atoms with E-state index >= 15 is 0 Å². The largest absolute Gasteiger partial charge is 0.350 e. The molecule has 0 spiro atoms. The van der Waals surface area contributed by atoms with Gasteiger partial charge in [0.25, 0.3) is 0 Å². The van der Waals surface area contributed by atoms with Crippen molar-refractivity contribution >= 4 is 0 Å². The fourth-order valence-corrected chi connectivity index (χ4v) is 1.79. The molecule has 0 aliphatic rings. The number of nitrogens with zero attached hydrogens (tertiary/aromatic N) is 2. The second-order valence-corrected chi connectivity index (χ2v) is 3.82. The van der Waals surface area contributed by atoms with Crippen LogP contribution >= 0.6 is 0 Å². The van der Waals surface area contributed by atoms with Crippen LogP contribution in [-0.2, 0) is 7.05 Å². The minimum absolute atomic E-state index is 0.0800. The van der Waals surface area contributed by atoms with Crippen molar-refractivity contribution in [3.8, 4) is 17.3 Å². The lowest BCUT2D eigenvalue weighted by molar-refractivity contribution is 0.624. The summed E-state index contributed by atoms with van der Waals surface area (Å²) in [6.45, 7) is 2.00. The predicted octanol–water partition coefficient (Wildman–Crippen LogP) is 3.01. The lowest BCUT2D eigenvalue weighted by Gasteiger charge is -2.03. The molecule has 1 aromatic carbocycles. The summed E-state index contributed by atoms with van der Waals surface area (Å²) in [5.74, 6) is -0.475. The first-order valence-corrected chi connectivity index (χ1v) is 4.95. The van der Waals surface area contributed by atoms with Gasteiger partial charge in [-0.05, 0) is 42.3 Å². The molecule has 0 saturated heterocycles. The van der Waals surface area contributed by atoms with E-state index in [2.05, 4.69) is 0 Å². The maximum atomic E-state index is 13.2. The first-order chi connectivity index (χ1) is 7.61. The van der Waals surface area contributed by atoms with E-state index in [1.807, 2.05) is 36.9 Å². The van der Waals surface area contributed by atoms with E-state index in [1.54, 1.807) is 12.1 Å². The molecule has 2 aromatic rings. The van der Waals surface area contributed by atoms with E-state index in [0.29, 0.717) is 0 Å². The van der Waals surface area contributed by atoms with Crippen molar-refractivity contribution in [2.45, 2.75) is 6.92 Å². The molecule has 0 aliphatic carbocycles. The minimum atomic E-state index is -0.475. The van der Waals surface area contributed by atoms with Crippen LogP contribution in [0.1, 0.15) is 11.1 Å². The van der Waals surface area contributed by atoms with Gasteiger partial charge in [0.2, 0.25) is 0 Å². The van der Waals surface area contributed by atoms with E-state index in [9.17, 15) is 4.39 Å². The molecule has 1 aromatic heterocycles. The molecule has 0 radical (unpaired) electrons. The maximum absolute atomic E-state index is 13.2. The summed E-state index contributed by atoms with van der Waals surface area (Å²) in [6.07, 6.45) is 1.99. The third-order valence-corrected chi connectivity index (χ3v) is 2.52. The lowest BCUT2D eigenvalue weighted by atomic mass is 10.1. The molecule has 0 unspecified atom stereocenters. The van der Waals surface area contributed by atoms with Crippen molar-refractivity contribution < 1.29 is 4.39 Å². The summed E-state index contributed by atoms with van der Waals surface area (Å²) in [7, 11) is 1.93. The first-order valence-electron chi connectivity index (χ1n) is 4.95. The second kappa shape index (κ2) is 3.82. The van der Waals surface area contributed by atoms with Crippen LogP contribution < -0.4 is 0 Å². The Morgan fingerprint density at radius 2 is 2.06 bits per heavy atom. The quantitative estimate of drug-likeness (QED) is 0.717. The molecule has 2 rings (SSSR count). The standard InChI is InChI=1S/C13H11FN2/c1-9-5-13(16(2)8-9)10-3-4-12(14)11(6-10)7-15/h3-6,8H,1-2H3. The van der Waals surface area contributed by atoms with Gasteiger partial charge in [-0.1, -0.05) is 0 Å². The summed E-state index contributed by atoms with van der Waals surface area (Å²) in [5.41, 5.74) is 3.05. The molecule has 0 aliphatic heterocycles. The number of hydrogen-bond donors (Lipinski definition) is 0. The number of aromatic nitrogens is 1. The van der Waals surface area contributed by atoms with Crippen LogP contribution in [0, 0.1) is 24.1 Å². The van der Waals surface area contributed by atoms with Crippen LogP contribution in [0.2, 0.25) is 0 Å². The summed E-state index contributed by atoms with van der Waals surface area (Å²) in [4.78, 5) is 0. The number of benzene rings is 1. The molecular weight excluding hydrogens is 203 g/mol. The Labute approximate surface area is 93.6 Å². The Hall–Kier alpha value is -2.08. The van der Waals surface area contributed by atoms with Crippen LogP contribution in [-0.4, -0.2) is 4.57 Å². The monoisotopic (exact) mass is 214 g/mol. The maximum Gasteiger partial charge on any atom is 0.140 e. The van der Waals surface area contributed by atoms with Crippen LogP contribution in [0.3, 0.4) is 0 Å². The van der Waals surface area contributed by atoms with E-state index in [1.165, 1.54) is 6.07 Å². The first kappa shape index (κ1) is 10.4. The van der Waals surface area contributed by atoms with Gasteiger partial charge in [0.1, 0.15) is 11.9 Å². The van der Waals surface area contributed by atoms with Gasteiger partial charge in [0.15, 0.2) is 0 Å². The fraction of sp³-hybridized carbons (Fsp3) is 0.154. The van der Waals surface area contributed by atoms with Gasteiger partial charge < -0.3 is 4.57 Å². The van der Waals surface area contributed by atoms with E-state index in [4.69, 9.17) is 5.26 Å². The zero-order valence-corrected chi connectivity index (χ0v) is 9.16. The summed E-state index contributed by atoms with van der Waals surface area (Å²) < 4.78 is 15.1. The molecule has 1 heterocycles. The highest BCUT2D eigenvalue weighted by Gasteiger charge is 2.07. The average molecular weight is 214 g/mol. The number of halogens is 1. The Morgan fingerprint density at radius 1 is 1.31 bits per heavy atom. The van der Waals surface area contributed by atoms with E-state index in [-0.39, 0.29) is 5.56 Å². The van der Waals surface area contributed by atoms with E-state index < -0.39 is 5.82 Å². The van der Waals surface area contributed by atoms with Gasteiger partial charge >= 0.3 is 0 Å². The molecule has 16 heavy (non-hydrogen) atoms. The summed E-state index contributed by atoms with van der Waals surface area (Å²) in [5, 5.41) is 8.77. The van der Waals surface area contributed by atoms with Crippen LogP contribution in [0.5, 0.6) is 0 Å². The molecule has 0 fully saturated rings. The van der Waals surface area contributed by atoms with Gasteiger partial charge in [-0.25, -0.2) is 4.39 Å². The Kier molecular flexibility index (Phi) is 2.49. The Morgan fingerprint density at radius 3 is 2.62 bits per heavy atom. The molecule has 3 heteroatoms. The number of aryl methyl sites for hydroxylation is 2. The molecular formula is C13H11FN2. The zero-order valence-electron chi connectivity index (χ0n) is 9.16. The molecule has 0 amide bonds. The fourth-order valence-electron chi connectivity index (χ4n) is 1.79. The zero-order chi connectivity index (χ0) is 11.7. The smallest absolute Gasteiger partial charge is 0.140 e. The highest BCUT2D eigenvalue weighted by atomic mass is 19.1. The van der Waals surface area contributed by atoms with Crippen molar-refractivity contribution in [2.75, 3.05) is 0 Å². The van der Waals surface area contributed by atoms with Crippen molar-refractivity contribution in [3.05, 3.63) is 47.4 Å². The van der Waals surface area contributed by atoms with Gasteiger partial charge in [-0.2, -0.15) is 5.26 Å². The third-order valence-electron chi connectivity index (χ3n) is 2.52. The predicted molar refractivity (Wildman–Crippen MR) is 60.3 cm³/mol. The molecule has 2 nitrogen and oxygen atoms in total. The molecule has 0 bridgehead atoms. The highest BCUT2D eigenvalue weighted by molar-refractivity contribution is 5.63. The number of nitriles is 1. The van der Waals surface area contributed by atoms with Crippen LogP contribution in [0.25, 0.3) is 11.3 Å². The second-order valence-electron chi connectivity index (χ2n) is 3.82. The lowest BCUT2D eigenvalue weighted by Crippen LogP contribution is -1.91. The molecule has 0 N–H and O–H groups in total. The number of rotatable bonds is 1. The summed E-state index contributed by atoms with van der Waals surface area (Å²) >= 11 is 0.